The van der Waals surface area contributed by atoms with E-state index in [-0.39, 0.29) is 31.9 Å². The third-order valence-electron chi connectivity index (χ3n) is 2.87. The summed E-state index contributed by atoms with van der Waals surface area (Å²) in [4.78, 5) is 22.2. The van der Waals surface area contributed by atoms with Gasteiger partial charge in [-0.3, -0.25) is 0 Å². The largest absolute Gasteiger partial charge is 0.505 e. The number of phenols is 3. The van der Waals surface area contributed by atoms with E-state index in [1.807, 2.05) is 0 Å². The number of thiol groups is 3. The third-order valence-corrected chi connectivity index (χ3v) is 3.91. The Kier molecular flexibility index (Phi) is 14.2. The summed E-state index contributed by atoms with van der Waals surface area (Å²) in [5, 5.41) is 26.0. The zero-order valence-electron chi connectivity index (χ0n) is 15.3. The van der Waals surface area contributed by atoms with E-state index in [0.29, 0.717) is 0 Å². The molecule has 170 valence electrons. The topological polar surface area (TPSA) is 121 Å². The minimum Gasteiger partial charge on any atom is -0.505 e. The van der Waals surface area contributed by atoms with E-state index in [1.54, 1.807) is 0 Å². The van der Waals surface area contributed by atoms with Crippen LogP contribution in [-0.4, -0.2) is 30.0 Å². The summed E-state index contributed by atoms with van der Waals surface area (Å²) >= 11 is 11.2. The van der Waals surface area contributed by atoms with Crippen LogP contribution in [0.1, 0.15) is 0 Å². The van der Waals surface area contributed by atoms with Crippen LogP contribution >= 0.6 is 46.5 Å². The fraction of sp³-hybridized carbons (Fsp3) is 0. The normalized spacial score (nSPS) is 9.48. The lowest BCUT2D eigenvalue weighted by molar-refractivity contribution is 0.368. The molecule has 0 saturated heterocycles. The van der Waals surface area contributed by atoms with Crippen LogP contribution < -0.4 is 0 Å². The monoisotopic (exact) mass is 514 g/mol. The van der Waals surface area contributed by atoms with Crippen LogP contribution in [0.4, 0.5) is 13.2 Å². The molecule has 0 fully saturated rings. The van der Waals surface area contributed by atoms with Gasteiger partial charge in [0.2, 0.25) is 0 Å². The molecule has 0 atom stereocenters. The molecule has 3 aromatic rings. The third kappa shape index (κ3) is 12.0. The van der Waals surface area contributed by atoms with E-state index in [4.69, 9.17) is 30.0 Å². The van der Waals surface area contributed by atoms with Gasteiger partial charge in [-0.1, -0.05) is 18.2 Å². The highest BCUT2D eigenvalue weighted by Gasteiger charge is 2.02. The van der Waals surface area contributed by atoms with E-state index < -0.39 is 26.1 Å². The molecule has 6 nitrogen and oxygen atoms in total. The molecule has 0 aliphatic carbocycles. The van der Waals surface area contributed by atoms with Crippen LogP contribution in [0.25, 0.3) is 0 Å². The van der Waals surface area contributed by atoms with Gasteiger partial charge < -0.3 is 30.0 Å². The van der Waals surface area contributed by atoms with Crippen LogP contribution in [-0.2, 0) is 0 Å². The van der Waals surface area contributed by atoms with Crippen molar-refractivity contribution in [1.29, 1.82) is 0 Å². The SMILES string of the molecule is OP(O)O.Oc1cccc(S)c1F.Oc1cccc(S)c1F.Oc1cccc(S)c1F. The number of phenolic OH excluding ortho intramolecular Hbond substituents is 3. The molecule has 13 heteroatoms. The van der Waals surface area contributed by atoms with Crippen molar-refractivity contribution in [3.8, 4) is 17.2 Å². The number of aromatic hydroxyl groups is 3. The summed E-state index contributed by atoms with van der Waals surface area (Å²) in [6, 6.07) is 12.8. The minimum atomic E-state index is -2.62. The first kappa shape index (κ1) is 29.2. The van der Waals surface area contributed by atoms with Crippen molar-refractivity contribution in [2.75, 3.05) is 0 Å². The van der Waals surface area contributed by atoms with Gasteiger partial charge in [-0.05, 0) is 36.4 Å². The van der Waals surface area contributed by atoms with Gasteiger partial charge >= 0.3 is 8.60 Å². The number of hydrogen-bond acceptors (Lipinski definition) is 9. The molecule has 6 N–H and O–H groups in total. The molecule has 0 amide bonds. The summed E-state index contributed by atoms with van der Waals surface area (Å²) in [5.74, 6) is -3.07. The molecule has 31 heavy (non-hydrogen) atoms. The zero-order valence-corrected chi connectivity index (χ0v) is 18.9. The lowest BCUT2D eigenvalue weighted by Crippen LogP contribution is -1.76. The molecule has 0 saturated carbocycles. The number of benzene rings is 3. The lowest BCUT2D eigenvalue weighted by Gasteiger charge is -1.94. The van der Waals surface area contributed by atoms with Crippen molar-refractivity contribution < 1.29 is 43.2 Å². The van der Waals surface area contributed by atoms with E-state index in [1.165, 1.54) is 54.6 Å². The van der Waals surface area contributed by atoms with Gasteiger partial charge in [0.15, 0.2) is 34.7 Å². The fourth-order valence-corrected chi connectivity index (χ4v) is 2.13. The molecular weight excluding hydrogens is 496 g/mol. The lowest BCUT2D eigenvalue weighted by atomic mass is 10.3. The second-order valence-electron chi connectivity index (χ2n) is 5.10. The van der Waals surface area contributed by atoms with Crippen LogP contribution in [0.3, 0.4) is 0 Å². The first-order valence-corrected chi connectivity index (χ1v) is 10.3. The molecule has 0 unspecified atom stereocenters. The fourth-order valence-electron chi connectivity index (χ4n) is 1.52. The first-order chi connectivity index (χ1) is 14.4. The maximum absolute atomic E-state index is 12.4. The maximum Gasteiger partial charge on any atom is 0.324 e. The van der Waals surface area contributed by atoms with Crippen molar-refractivity contribution in [2.24, 2.45) is 0 Å². The molecular formula is C18H18F3O6PS3. The minimum absolute atomic E-state index is 0.162. The molecule has 0 heterocycles. The Morgan fingerprint density at radius 1 is 0.516 bits per heavy atom. The molecule has 0 spiro atoms. The van der Waals surface area contributed by atoms with E-state index in [0.717, 1.165) is 0 Å². The van der Waals surface area contributed by atoms with Gasteiger partial charge in [-0.15, -0.1) is 37.9 Å². The summed E-state index contributed by atoms with van der Waals surface area (Å²) < 4.78 is 37.2. The van der Waals surface area contributed by atoms with Crippen LogP contribution in [0.5, 0.6) is 17.2 Å². The Labute approximate surface area is 193 Å². The molecule has 3 rings (SSSR count). The Balaban J connectivity index is 0.000000402. The van der Waals surface area contributed by atoms with Crippen molar-refractivity contribution in [3.63, 3.8) is 0 Å². The summed E-state index contributed by atoms with van der Waals surface area (Å²) in [6.07, 6.45) is 0. The summed E-state index contributed by atoms with van der Waals surface area (Å²) in [7, 11) is -2.62. The summed E-state index contributed by atoms with van der Waals surface area (Å²) in [5.41, 5.74) is 0. The molecule has 0 radical (unpaired) electrons. The summed E-state index contributed by atoms with van der Waals surface area (Å²) in [6.45, 7) is 0. The Morgan fingerprint density at radius 3 is 0.839 bits per heavy atom. The maximum atomic E-state index is 12.4. The number of hydrogen-bond donors (Lipinski definition) is 9. The second-order valence-corrected chi connectivity index (χ2v) is 7.08. The zero-order chi connectivity index (χ0) is 24.1. The van der Waals surface area contributed by atoms with Crippen molar-refractivity contribution in [1.82, 2.24) is 0 Å². The predicted molar refractivity (Wildman–Crippen MR) is 120 cm³/mol. The van der Waals surface area contributed by atoms with Crippen LogP contribution in [0, 0.1) is 17.5 Å². The highest BCUT2D eigenvalue weighted by atomic mass is 32.1. The Bertz CT molecular complexity index is 786. The van der Waals surface area contributed by atoms with E-state index >= 15 is 0 Å². The average molecular weight is 515 g/mol. The number of rotatable bonds is 0. The predicted octanol–water partition coefficient (Wildman–Crippen LogP) is 4.65. The number of halogens is 3. The van der Waals surface area contributed by atoms with E-state index in [2.05, 4.69) is 37.9 Å². The highest BCUT2D eigenvalue weighted by Crippen LogP contribution is 2.22. The van der Waals surface area contributed by atoms with Gasteiger partial charge in [0.05, 0.1) is 0 Å². The van der Waals surface area contributed by atoms with Crippen LogP contribution in [0.2, 0.25) is 0 Å². The molecule has 0 aliphatic rings. The highest BCUT2D eigenvalue weighted by molar-refractivity contribution is 7.80. The standard InChI is InChI=1S/3C6H5FOS.H3O3P/c3*7-6-4(8)2-1-3-5(6)9;1-4(2)3/h3*1-3,8-9H;1-3H. The second kappa shape index (κ2) is 15.1. The molecule has 3 aromatic carbocycles. The van der Waals surface area contributed by atoms with Crippen LogP contribution in [0.15, 0.2) is 69.3 Å². The Morgan fingerprint density at radius 2 is 0.710 bits per heavy atom. The quantitative estimate of drug-likeness (QED) is 0.159. The van der Waals surface area contributed by atoms with Gasteiger partial charge in [0.25, 0.3) is 0 Å². The van der Waals surface area contributed by atoms with Crippen molar-refractivity contribution in [3.05, 3.63) is 72.0 Å². The molecule has 0 bridgehead atoms. The van der Waals surface area contributed by atoms with E-state index in [9.17, 15) is 13.2 Å². The van der Waals surface area contributed by atoms with Crippen molar-refractivity contribution >= 4 is 46.5 Å². The van der Waals surface area contributed by atoms with Gasteiger partial charge in [-0.2, -0.15) is 0 Å². The Hall–Kier alpha value is -1.79. The van der Waals surface area contributed by atoms with Gasteiger partial charge in [0, 0.05) is 14.7 Å². The molecule has 0 aromatic heterocycles. The smallest absolute Gasteiger partial charge is 0.324 e. The molecule has 0 aliphatic heterocycles. The van der Waals surface area contributed by atoms with Gasteiger partial charge in [0.1, 0.15) is 0 Å². The van der Waals surface area contributed by atoms with Gasteiger partial charge in [-0.25, -0.2) is 13.2 Å². The first-order valence-electron chi connectivity index (χ1n) is 7.74. The van der Waals surface area contributed by atoms with Crippen molar-refractivity contribution in [2.45, 2.75) is 14.7 Å². The average Bonchev–Trinajstić information content (AvgIpc) is 2.69.